The molecule has 3 heterocycles. The highest BCUT2D eigenvalue weighted by Crippen LogP contribution is 2.44. The molecule has 1 aromatic rings. The van der Waals surface area contributed by atoms with Crippen LogP contribution in [0, 0.1) is 16.7 Å². The molecule has 0 radical (unpaired) electrons. The number of likely N-dealkylation sites (tertiary alicyclic amines) is 1. The number of carbonyl (C=O) groups is 3. The molecular weight excluding hydrogens is 401 g/mol. The maximum Gasteiger partial charge on any atom is 0.417 e. The number of fused-ring (bicyclic) bond motifs is 5. The van der Waals surface area contributed by atoms with E-state index in [0.29, 0.717) is 19.0 Å². The maximum absolute atomic E-state index is 13.3. The fourth-order valence-electron chi connectivity index (χ4n) is 4.56. The van der Waals surface area contributed by atoms with E-state index in [4.69, 9.17) is 5.26 Å². The van der Waals surface area contributed by atoms with Crippen LogP contribution < -0.4 is 4.90 Å². The zero-order valence-corrected chi connectivity index (χ0v) is 16.5. The molecule has 3 aliphatic rings. The summed E-state index contributed by atoms with van der Waals surface area (Å²) in [6.07, 6.45) is -4.34. The van der Waals surface area contributed by atoms with Gasteiger partial charge in [-0.05, 0) is 24.6 Å². The molecule has 1 aromatic carbocycles. The number of carbonyl (C=O) groups excluding carboxylic acids is 3. The summed E-state index contributed by atoms with van der Waals surface area (Å²) >= 11 is 0. The van der Waals surface area contributed by atoms with E-state index in [0.717, 1.165) is 17.0 Å². The van der Waals surface area contributed by atoms with Crippen molar-refractivity contribution in [3.05, 3.63) is 29.3 Å². The lowest BCUT2D eigenvalue weighted by molar-refractivity contribution is -0.143. The van der Waals surface area contributed by atoms with Crippen molar-refractivity contribution < 1.29 is 27.6 Å². The van der Waals surface area contributed by atoms with E-state index in [1.165, 1.54) is 11.0 Å². The third-order valence-electron chi connectivity index (χ3n) is 5.85. The number of imide groups is 1. The molecule has 4 rings (SSSR count). The smallest absolute Gasteiger partial charge is 0.334 e. The molecule has 0 aromatic heterocycles. The predicted octanol–water partition coefficient (Wildman–Crippen LogP) is 2.74. The highest BCUT2D eigenvalue weighted by Gasteiger charge is 2.63. The Labute approximate surface area is 170 Å². The van der Waals surface area contributed by atoms with Gasteiger partial charge in [0.2, 0.25) is 5.91 Å². The molecule has 0 saturated carbocycles. The Morgan fingerprint density at radius 1 is 1.20 bits per heavy atom. The monoisotopic (exact) mass is 420 g/mol. The van der Waals surface area contributed by atoms with Gasteiger partial charge < -0.3 is 9.80 Å². The van der Waals surface area contributed by atoms with E-state index in [2.05, 4.69) is 0 Å². The van der Waals surface area contributed by atoms with Crippen LogP contribution in [0.3, 0.4) is 0 Å². The van der Waals surface area contributed by atoms with Gasteiger partial charge in [-0.3, -0.25) is 9.59 Å². The Morgan fingerprint density at radius 2 is 1.87 bits per heavy atom. The molecule has 3 fully saturated rings. The van der Waals surface area contributed by atoms with Crippen molar-refractivity contribution in [3.8, 4) is 6.07 Å². The highest BCUT2D eigenvalue weighted by atomic mass is 19.4. The van der Waals surface area contributed by atoms with E-state index in [-0.39, 0.29) is 17.6 Å². The van der Waals surface area contributed by atoms with Crippen LogP contribution in [0.5, 0.6) is 0 Å². The Hall–Kier alpha value is -3.09. The minimum absolute atomic E-state index is 0.133. The topological polar surface area (TPSA) is 84.7 Å². The minimum Gasteiger partial charge on any atom is -0.334 e. The molecule has 30 heavy (non-hydrogen) atoms. The van der Waals surface area contributed by atoms with Gasteiger partial charge in [-0.25, -0.2) is 9.69 Å². The van der Waals surface area contributed by atoms with Crippen molar-refractivity contribution in [2.75, 3.05) is 11.4 Å². The number of halogens is 3. The first-order valence-corrected chi connectivity index (χ1v) is 9.45. The zero-order chi connectivity index (χ0) is 22.2. The zero-order valence-electron chi connectivity index (χ0n) is 16.5. The number of hydrogen-bond acceptors (Lipinski definition) is 4. The van der Waals surface area contributed by atoms with Crippen molar-refractivity contribution in [1.82, 2.24) is 9.80 Å². The number of anilines is 1. The number of amides is 4. The molecule has 3 saturated heterocycles. The van der Waals surface area contributed by atoms with Gasteiger partial charge in [0, 0.05) is 12.0 Å². The van der Waals surface area contributed by atoms with Crippen LogP contribution in [-0.4, -0.2) is 52.3 Å². The summed E-state index contributed by atoms with van der Waals surface area (Å²) in [5.41, 5.74) is -2.69. The van der Waals surface area contributed by atoms with Crippen LogP contribution in [0.25, 0.3) is 0 Å². The number of nitrogens with zero attached hydrogens (tertiary/aromatic N) is 4. The van der Waals surface area contributed by atoms with Gasteiger partial charge in [0.25, 0.3) is 5.91 Å². The second-order valence-corrected chi connectivity index (χ2v) is 8.81. The third kappa shape index (κ3) is 2.75. The van der Waals surface area contributed by atoms with Gasteiger partial charge in [-0.1, -0.05) is 20.8 Å². The van der Waals surface area contributed by atoms with Crippen LogP contribution in [0.1, 0.15) is 38.3 Å². The standard InChI is InChI=1S/C20H19F3N4O3/c1-19(2,3)17(29)25-9-12-7-14(25)15-16(28)27(18(30)26(12)15)11-5-4-10(8-24)13(6-11)20(21,22)23/h4-6,12,14-15H,7,9H2,1-3H3/t12-,14-,15+/m0/s1. The summed E-state index contributed by atoms with van der Waals surface area (Å²) in [5.74, 6) is -0.789. The van der Waals surface area contributed by atoms with Crippen molar-refractivity contribution >= 4 is 23.5 Å². The summed E-state index contributed by atoms with van der Waals surface area (Å²) in [6, 6.07) is 1.78. The molecule has 3 aliphatic heterocycles. The van der Waals surface area contributed by atoms with Gasteiger partial charge in [0.1, 0.15) is 6.04 Å². The number of benzene rings is 1. The quantitative estimate of drug-likeness (QED) is 0.654. The van der Waals surface area contributed by atoms with Crippen molar-refractivity contribution in [3.63, 3.8) is 0 Å². The lowest BCUT2D eigenvalue weighted by Crippen LogP contribution is -2.56. The lowest BCUT2D eigenvalue weighted by Gasteiger charge is -2.37. The largest absolute Gasteiger partial charge is 0.417 e. The molecular formula is C20H19F3N4O3. The normalized spacial score (nSPS) is 25.8. The first-order valence-electron chi connectivity index (χ1n) is 9.45. The molecule has 3 atom stereocenters. The number of urea groups is 1. The fraction of sp³-hybridized carbons (Fsp3) is 0.500. The molecule has 158 valence electrons. The fourth-order valence-corrected chi connectivity index (χ4v) is 4.56. The lowest BCUT2D eigenvalue weighted by atomic mass is 9.93. The van der Waals surface area contributed by atoms with Crippen LogP contribution >= 0.6 is 0 Å². The van der Waals surface area contributed by atoms with Crippen molar-refractivity contribution in [1.29, 1.82) is 5.26 Å². The number of rotatable bonds is 1. The summed E-state index contributed by atoms with van der Waals surface area (Å²) < 4.78 is 40.0. The molecule has 0 aliphatic carbocycles. The average molecular weight is 420 g/mol. The second kappa shape index (κ2) is 6.20. The molecule has 7 nitrogen and oxygen atoms in total. The molecule has 0 unspecified atom stereocenters. The highest BCUT2D eigenvalue weighted by molar-refractivity contribution is 6.22. The Morgan fingerprint density at radius 3 is 2.43 bits per heavy atom. The minimum atomic E-state index is -4.81. The number of alkyl halides is 3. The first kappa shape index (κ1) is 20.2. The van der Waals surface area contributed by atoms with Gasteiger partial charge >= 0.3 is 12.2 Å². The van der Waals surface area contributed by atoms with Gasteiger partial charge in [0.05, 0.1) is 35.0 Å². The van der Waals surface area contributed by atoms with E-state index in [1.54, 1.807) is 25.7 Å². The van der Waals surface area contributed by atoms with E-state index < -0.39 is 46.7 Å². The molecule has 0 spiro atoms. The predicted molar refractivity (Wildman–Crippen MR) is 98.0 cm³/mol. The molecule has 4 amide bonds. The third-order valence-corrected chi connectivity index (χ3v) is 5.85. The van der Waals surface area contributed by atoms with Gasteiger partial charge in [-0.15, -0.1) is 0 Å². The van der Waals surface area contributed by atoms with Crippen LogP contribution in [-0.2, 0) is 15.8 Å². The van der Waals surface area contributed by atoms with Gasteiger partial charge in [0.15, 0.2) is 0 Å². The number of hydrogen-bond donors (Lipinski definition) is 0. The van der Waals surface area contributed by atoms with E-state index >= 15 is 0 Å². The van der Waals surface area contributed by atoms with Crippen molar-refractivity contribution in [2.24, 2.45) is 5.41 Å². The average Bonchev–Trinajstić information content (AvgIpc) is 3.30. The van der Waals surface area contributed by atoms with Crippen LogP contribution in [0.2, 0.25) is 0 Å². The summed E-state index contributed by atoms with van der Waals surface area (Å²) in [7, 11) is 0. The first-order chi connectivity index (χ1) is 13.9. The van der Waals surface area contributed by atoms with E-state index in [9.17, 15) is 27.6 Å². The Balaban J connectivity index is 1.69. The van der Waals surface area contributed by atoms with Gasteiger partial charge in [-0.2, -0.15) is 18.4 Å². The summed E-state index contributed by atoms with van der Waals surface area (Å²) in [4.78, 5) is 42.5. The Bertz CT molecular complexity index is 1010. The number of piperazine rings is 1. The summed E-state index contributed by atoms with van der Waals surface area (Å²) in [6.45, 7) is 5.60. The maximum atomic E-state index is 13.3. The number of nitriles is 1. The molecule has 0 N–H and O–H groups in total. The van der Waals surface area contributed by atoms with Crippen LogP contribution in [0.15, 0.2) is 18.2 Å². The van der Waals surface area contributed by atoms with Crippen molar-refractivity contribution in [2.45, 2.75) is 51.5 Å². The van der Waals surface area contributed by atoms with E-state index in [1.807, 2.05) is 0 Å². The molecule has 10 heteroatoms. The Kier molecular flexibility index (Phi) is 4.18. The second-order valence-electron chi connectivity index (χ2n) is 8.81. The molecule has 2 bridgehead atoms. The van der Waals surface area contributed by atoms with Crippen LogP contribution in [0.4, 0.5) is 23.7 Å². The summed E-state index contributed by atoms with van der Waals surface area (Å²) in [5, 5.41) is 8.95. The SMILES string of the molecule is CC(C)(C)C(=O)N1C[C@@H]2C[C@H]1[C@@H]1C(=O)N(c3ccc(C#N)c(C(F)(F)F)c3)C(=O)N21.